The predicted molar refractivity (Wildman–Crippen MR) is 66.7 cm³/mol. The van der Waals surface area contributed by atoms with E-state index in [4.69, 9.17) is 4.74 Å². The van der Waals surface area contributed by atoms with Gasteiger partial charge in [-0.2, -0.15) is 0 Å². The Bertz CT molecular complexity index is 406. The number of nitrogens with zero attached hydrogens (tertiary/aromatic N) is 1. The van der Waals surface area contributed by atoms with E-state index in [9.17, 15) is 4.79 Å². The summed E-state index contributed by atoms with van der Waals surface area (Å²) in [6.07, 6.45) is 1.39. The lowest BCUT2D eigenvalue weighted by molar-refractivity contribution is -0.117. The Hall–Kier alpha value is -0.870. The molecule has 0 unspecified atom stereocenters. The van der Waals surface area contributed by atoms with Crippen molar-refractivity contribution in [3.63, 3.8) is 0 Å². The highest BCUT2D eigenvalue weighted by Gasteiger charge is 2.26. The van der Waals surface area contributed by atoms with Gasteiger partial charge in [0.2, 0.25) is 5.91 Å². The van der Waals surface area contributed by atoms with Gasteiger partial charge in [-0.15, -0.1) is 0 Å². The normalized spacial score (nSPS) is 14.4. The van der Waals surface area contributed by atoms with Crippen LogP contribution in [0, 0.1) is 0 Å². The molecule has 1 aromatic carbocycles. The fourth-order valence-electron chi connectivity index (χ4n) is 1.94. The maximum Gasteiger partial charge on any atom is 0.231 e. The van der Waals surface area contributed by atoms with E-state index in [-0.39, 0.29) is 5.91 Å². The van der Waals surface area contributed by atoms with Crippen LogP contribution in [0.3, 0.4) is 0 Å². The molecular weight excluding hydrogens is 270 g/mol. The zero-order chi connectivity index (χ0) is 11.5. The number of ether oxygens (including phenoxy) is 1. The minimum Gasteiger partial charge on any atom is -0.385 e. The summed E-state index contributed by atoms with van der Waals surface area (Å²) in [4.78, 5) is 13.7. The Morgan fingerprint density at radius 3 is 3.06 bits per heavy atom. The Morgan fingerprint density at radius 2 is 2.31 bits per heavy atom. The Morgan fingerprint density at radius 1 is 1.50 bits per heavy atom. The third kappa shape index (κ3) is 2.28. The molecule has 0 fully saturated rings. The van der Waals surface area contributed by atoms with Crippen molar-refractivity contribution in [1.82, 2.24) is 0 Å². The van der Waals surface area contributed by atoms with Crippen molar-refractivity contribution in [3.05, 3.63) is 28.2 Å². The van der Waals surface area contributed by atoms with E-state index in [1.165, 1.54) is 0 Å². The van der Waals surface area contributed by atoms with E-state index in [0.29, 0.717) is 13.0 Å². The molecule has 0 aliphatic carbocycles. The number of amides is 1. The lowest BCUT2D eigenvalue weighted by Crippen LogP contribution is -2.28. The lowest BCUT2D eigenvalue weighted by Gasteiger charge is -2.17. The van der Waals surface area contributed by atoms with Gasteiger partial charge in [0.05, 0.1) is 6.42 Å². The molecule has 1 heterocycles. The summed E-state index contributed by atoms with van der Waals surface area (Å²) in [6.45, 7) is 1.42. The Balaban J connectivity index is 2.15. The molecule has 0 saturated heterocycles. The molecule has 1 aliphatic heterocycles. The molecule has 2 rings (SSSR count). The third-order valence-corrected chi connectivity index (χ3v) is 3.20. The number of anilines is 1. The molecule has 4 heteroatoms. The van der Waals surface area contributed by atoms with Crippen molar-refractivity contribution < 1.29 is 9.53 Å². The summed E-state index contributed by atoms with van der Waals surface area (Å²) in [6, 6.07) is 5.99. The predicted octanol–water partition coefficient (Wildman–Crippen LogP) is 2.37. The summed E-state index contributed by atoms with van der Waals surface area (Å²) in [7, 11) is 1.68. The minimum absolute atomic E-state index is 0.184. The smallest absolute Gasteiger partial charge is 0.231 e. The maximum absolute atomic E-state index is 11.8. The van der Waals surface area contributed by atoms with Gasteiger partial charge in [-0.1, -0.05) is 22.0 Å². The lowest BCUT2D eigenvalue weighted by atomic mass is 10.2. The topological polar surface area (TPSA) is 29.5 Å². The summed E-state index contributed by atoms with van der Waals surface area (Å²) in [5.41, 5.74) is 2.15. The minimum atomic E-state index is 0.184. The highest BCUT2D eigenvalue weighted by Crippen LogP contribution is 2.31. The van der Waals surface area contributed by atoms with Crippen molar-refractivity contribution in [3.8, 4) is 0 Å². The SMILES string of the molecule is COCCCN1C(=O)Cc2ccc(Br)cc21. The van der Waals surface area contributed by atoms with Gasteiger partial charge in [-0.3, -0.25) is 4.79 Å². The third-order valence-electron chi connectivity index (χ3n) is 2.71. The quantitative estimate of drug-likeness (QED) is 0.794. The van der Waals surface area contributed by atoms with Crippen LogP contribution in [-0.2, 0) is 16.0 Å². The molecule has 16 heavy (non-hydrogen) atoms. The van der Waals surface area contributed by atoms with Crippen molar-refractivity contribution >= 4 is 27.5 Å². The number of hydrogen-bond acceptors (Lipinski definition) is 2. The second kappa shape index (κ2) is 4.97. The molecule has 0 radical (unpaired) electrons. The number of hydrogen-bond donors (Lipinski definition) is 0. The number of carbonyl (C=O) groups is 1. The standard InChI is InChI=1S/C12H14BrNO2/c1-16-6-2-5-14-11-8-10(13)4-3-9(11)7-12(14)15/h3-4,8H,2,5-7H2,1H3. The van der Waals surface area contributed by atoms with Crippen molar-refractivity contribution in [2.45, 2.75) is 12.8 Å². The van der Waals surface area contributed by atoms with Crippen molar-refractivity contribution in [2.24, 2.45) is 0 Å². The van der Waals surface area contributed by atoms with Gasteiger partial charge in [0, 0.05) is 30.4 Å². The number of benzene rings is 1. The summed E-state index contributed by atoms with van der Waals surface area (Å²) >= 11 is 3.43. The zero-order valence-electron chi connectivity index (χ0n) is 9.20. The monoisotopic (exact) mass is 283 g/mol. The number of methoxy groups -OCH3 is 1. The largest absolute Gasteiger partial charge is 0.385 e. The van der Waals surface area contributed by atoms with Crippen molar-refractivity contribution in [1.29, 1.82) is 0 Å². The molecule has 1 aromatic rings. The number of halogens is 1. The fourth-order valence-corrected chi connectivity index (χ4v) is 2.29. The molecule has 3 nitrogen and oxygen atoms in total. The van der Waals surface area contributed by atoms with Crippen LogP contribution in [0.15, 0.2) is 22.7 Å². The first-order chi connectivity index (χ1) is 7.72. The summed E-state index contributed by atoms with van der Waals surface area (Å²) < 4.78 is 6.01. The highest BCUT2D eigenvalue weighted by atomic mass is 79.9. The van der Waals surface area contributed by atoms with E-state index in [2.05, 4.69) is 15.9 Å². The number of fused-ring (bicyclic) bond motifs is 1. The van der Waals surface area contributed by atoms with Crippen LogP contribution < -0.4 is 4.90 Å². The van der Waals surface area contributed by atoms with Gasteiger partial charge in [-0.25, -0.2) is 0 Å². The molecule has 0 atom stereocenters. The summed E-state index contributed by atoms with van der Waals surface area (Å²) in [5.74, 6) is 0.184. The second-order valence-electron chi connectivity index (χ2n) is 3.84. The highest BCUT2D eigenvalue weighted by molar-refractivity contribution is 9.10. The van der Waals surface area contributed by atoms with Crippen LogP contribution >= 0.6 is 15.9 Å². The van der Waals surface area contributed by atoms with Crippen LogP contribution in [0.2, 0.25) is 0 Å². The van der Waals surface area contributed by atoms with Gasteiger partial charge >= 0.3 is 0 Å². The first kappa shape index (κ1) is 11.6. The van der Waals surface area contributed by atoms with E-state index in [1.807, 2.05) is 23.1 Å². The van der Waals surface area contributed by atoms with Gasteiger partial charge in [0.1, 0.15) is 0 Å². The summed E-state index contributed by atoms with van der Waals surface area (Å²) in [5, 5.41) is 0. The van der Waals surface area contributed by atoms with Gasteiger partial charge < -0.3 is 9.64 Å². The molecular formula is C12H14BrNO2. The number of carbonyl (C=O) groups excluding carboxylic acids is 1. The van der Waals surface area contributed by atoms with Gasteiger partial charge in [-0.05, 0) is 24.1 Å². The average Bonchev–Trinajstić information content (AvgIpc) is 2.56. The molecule has 0 bridgehead atoms. The first-order valence-electron chi connectivity index (χ1n) is 5.30. The first-order valence-corrected chi connectivity index (χ1v) is 6.09. The number of rotatable bonds is 4. The Labute approximate surface area is 104 Å². The van der Waals surface area contributed by atoms with Crippen molar-refractivity contribution in [2.75, 3.05) is 25.2 Å². The van der Waals surface area contributed by atoms with E-state index >= 15 is 0 Å². The van der Waals surface area contributed by atoms with E-state index in [1.54, 1.807) is 7.11 Å². The maximum atomic E-state index is 11.8. The van der Waals surface area contributed by atoms with Crippen LogP contribution in [-0.4, -0.2) is 26.2 Å². The molecule has 0 N–H and O–H groups in total. The average molecular weight is 284 g/mol. The van der Waals surface area contributed by atoms with Gasteiger partial charge in [0.15, 0.2) is 0 Å². The molecule has 0 spiro atoms. The molecule has 86 valence electrons. The van der Waals surface area contributed by atoms with E-state index < -0.39 is 0 Å². The van der Waals surface area contributed by atoms with Crippen LogP contribution in [0.25, 0.3) is 0 Å². The fraction of sp³-hybridized carbons (Fsp3) is 0.417. The second-order valence-corrected chi connectivity index (χ2v) is 4.76. The Kier molecular flexibility index (Phi) is 3.61. The molecule has 0 aromatic heterocycles. The van der Waals surface area contributed by atoms with Crippen LogP contribution in [0.4, 0.5) is 5.69 Å². The molecule has 1 amide bonds. The van der Waals surface area contributed by atoms with E-state index in [0.717, 1.165) is 28.7 Å². The van der Waals surface area contributed by atoms with Crippen LogP contribution in [0.1, 0.15) is 12.0 Å². The molecule has 1 aliphatic rings. The van der Waals surface area contributed by atoms with Gasteiger partial charge in [0.25, 0.3) is 0 Å². The molecule has 0 saturated carbocycles. The van der Waals surface area contributed by atoms with Crippen LogP contribution in [0.5, 0.6) is 0 Å². The zero-order valence-corrected chi connectivity index (χ0v) is 10.8.